The van der Waals surface area contributed by atoms with E-state index in [2.05, 4.69) is 0 Å². The van der Waals surface area contributed by atoms with E-state index in [1.165, 1.54) is 6.07 Å². The first-order chi connectivity index (χ1) is 8.58. The van der Waals surface area contributed by atoms with Gasteiger partial charge in [0.1, 0.15) is 0 Å². The summed E-state index contributed by atoms with van der Waals surface area (Å²) in [5.74, 6) is -0.484. The number of ether oxygens (including phenoxy) is 1. The van der Waals surface area contributed by atoms with E-state index in [1.54, 1.807) is 25.1 Å². The van der Waals surface area contributed by atoms with Crippen LogP contribution in [0.3, 0.4) is 0 Å². The highest BCUT2D eigenvalue weighted by molar-refractivity contribution is 5.92. The molecule has 0 radical (unpaired) electrons. The Labute approximate surface area is 107 Å². The molecule has 0 saturated carbocycles. The summed E-state index contributed by atoms with van der Waals surface area (Å²) in [4.78, 5) is 10.9. The van der Waals surface area contributed by atoms with Gasteiger partial charge in [-0.05, 0) is 36.6 Å². The van der Waals surface area contributed by atoms with Crippen molar-refractivity contribution in [2.24, 2.45) is 0 Å². The maximum absolute atomic E-state index is 10.9. The second-order valence-electron chi connectivity index (χ2n) is 3.90. The van der Waals surface area contributed by atoms with Crippen LogP contribution in [0.2, 0.25) is 0 Å². The monoisotopic (exact) mass is 250 g/mol. The van der Waals surface area contributed by atoms with Gasteiger partial charge < -0.3 is 14.9 Å². The number of rotatable bonds is 6. The molecule has 0 aliphatic heterocycles. The molecule has 18 heavy (non-hydrogen) atoms. The van der Waals surface area contributed by atoms with Gasteiger partial charge in [-0.15, -0.1) is 0 Å². The predicted octanol–water partition coefficient (Wildman–Crippen LogP) is 3.06. The number of carboxylic acids is 1. The zero-order valence-electron chi connectivity index (χ0n) is 10.6. The third-order valence-electron chi connectivity index (χ3n) is 2.44. The maximum Gasteiger partial charge on any atom is 0.331 e. The summed E-state index contributed by atoms with van der Waals surface area (Å²) < 4.78 is 5.38. The number of phenolic OH excluding ortho intramolecular Hbond substituents is 1. The number of phenols is 1. The number of carboxylic acid groups (broad SMARTS) is 1. The normalized spacial score (nSPS) is 11.3. The first-order valence-electron chi connectivity index (χ1n) is 5.98. The van der Waals surface area contributed by atoms with E-state index < -0.39 is 5.97 Å². The first-order valence-corrected chi connectivity index (χ1v) is 5.98. The van der Waals surface area contributed by atoms with Gasteiger partial charge in [0.2, 0.25) is 0 Å². The molecule has 0 saturated heterocycles. The number of carbonyl (C=O) groups is 1. The molecule has 4 heteroatoms. The first kappa shape index (κ1) is 14.1. The van der Waals surface area contributed by atoms with Crippen LogP contribution in [0.25, 0.3) is 6.08 Å². The van der Waals surface area contributed by atoms with Crippen molar-refractivity contribution < 1.29 is 19.7 Å². The summed E-state index contributed by atoms with van der Waals surface area (Å²) in [6.45, 7) is 4.27. The maximum atomic E-state index is 10.9. The van der Waals surface area contributed by atoms with Gasteiger partial charge >= 0.3 is 5.97 Å². The molecule has 0 heterocycles. The highest BCUT2D eigenvalue weighted by Gasteiger charge is 2.07. The predicted molar refractivity (Wildman–Crippen MR) is 69.8 cm³/mol. The number of hydrogen-bond acceptors (Lipinski definition) is 3. The Morgan fingerprint density at radius 1 is 1.39 bits per heavy atom. The van der Waals surface area contributed by atoms with Crippen molar-refractivity contribution in [3.63, 3.8) is 0 Å². The number of benzene rings is 1. The van der Waals surface area contributed by atoms with Crippen molar-refractivity contribution in [1.82, 2.24) is 0 Å². The summed E-state index contributed by atoms with van der Waals surface area (Å²) in [7, 11) is 0. The highest BCUT2D eigenvalue weighted by atomic mass is 16.5. The molecule has 0 atom stereocenters. The Morgan fingerprint density at radius 3 is 2.67 bits per heavy atom. The molecule has 98 valence electrons. The van der Waals surface area contributed by atoms with Gasteiger partial charge in [0.05, 0.1) is 6.61 Å². The summed E-state index contributed by atoms with van der Waals surface area (Å²) >= 11 is 0. The van der Waals surface area contributed by atoms with Gasteiger partial charge in [0.15, 0.2) is 11.5 Å². The van der Waals surface area contributed by atoms with Crippen molar-refractivity contribution >= 4 is 12.0 Å². The molecule has 0 unspecified atom stereocenters. The third-order valence-corrected chi connectivity index (χ3v) is 2.44. The van der Waals surface area contributed by atoms with Crippen LogP contribution in [0.4, 0.5) is 0 Å². The molecule has 4 nitrogen and oxygen atoms in total. The van der Waals surface area contributed by atoms with Crippen molar-refractivity contribution in [2.45, 2.75) is 26.7 Å². The lowest BCUT2D eigenvalue weighted by Crippen LogP contribution is -1.99. The lowest BCUT2D eigenvalue weighted by atomic mass is 10.1. The van der Waals surface area contributed by atoms with E-state index in [0.29, 0.717) is 29.9 Å². The van der Waals surface area contributed by atoms with Crippen LogP contribution >= 0.6 is 0 Å². The van der Waals surface area contributed by atoms with E-state index in [-0.39, 0.29) is 5.75 Å². The fraction of sp³-hybridized carbons (Fsp3) is 0.357. The van der Waals surface area contributed by atoms with E-state index in [1.807, 2.05) is 6.92 Å². The number of aromatic hydroxyl groups is 1. The van der Waals surface area contributed by atoms with Crippen molar-refractivity contribution in [2.75, 3.05) is 6.61 Å². The SMILES string of the molecule is CCCOc1cc(/C=C(\CC)C(=O)O)ccc1O. The standard InChI is InChI=1S/C14H18O4/c1-3-7-18-13-9-10(5-6-12(13)15)8-11(4-2)14(16)17/h5-6,8-9,15H,3-4,7H2,1-2H3,(H,16,17)/b11-8+. The van der Waals surface area contributed by atoms with Gasteiger partial charge in [0.25, 0.3) is 0 Å². The second kappa shape index (κ2) is 6.69. The minimum Gasteiger partial charge on any atom is -0.504 e. The van der Waals surface area contributed by atoms with E-state index in [9.17, 15) is 9.90 Å². The minimum absolute atomic E-state index is 0.0639. The number of aliphatic carboxylic acids is 1. The lowest BCUT2D eigenvalue weighted by Gasteiger charge is -2.08. The Kier molecular flexibility index (Phi) is 5.24. The van der Waals surface area contributed by atoms with E-state index in [0.717, 1.165) is 6.42 Å². The Hall–Kier alpha value is -1.97. The van der Waals surface area contributed by atoms with E-state index >= 15 is 0 Å². The summed E-state index contributed by atoms with van der Waals surface area (Å²) in [5.41, 5.74) is 1.03. The van der Waals surface area contributed by atoms with Gasteiger partial charge in [-0.1, -0.05) is 19.9 Å². The number of hydrogen-bond donors (Lipinski definition) is 2. The van der Waals surface area contributed by atoms with Crippen molar-refractivity contribution in [3.05, 3.63) is 29.3 Å². The molecule has 2 N–H and O–H groups in total. The van der Waals surface area contributed by atoms with Crippen molar-refractivity contribution in [3.8, 4) is 11.5 Å². The second-order valence-corrected chi connectivity index (χ2v) is 3.90. The van der Waals surface area contributed by atoms with E-state index in [4.69, 9.17) is 9.84 Å². The van der Waals surface area contributed by atoms with Crippen LogP contribution in [-0.2, 0) is 4.79 Å². The van der Waals surface area contributed by atoms with Crippen LogP contribution in [0.5, 0.6) is 11.5 Å². The fourth-order valence-corrected chi connectivity index (χ4v) is 1.46. The average Bonchev–Trinajstić information content (AvgIpc) is 2.35. The Morgan fingerprint density at radius 2 is 2.11 bits per heavy atom. The molecule has 1 aromatic rings. The summed E-state index contributed by atoms with van der Waals surface area (Å²) in [6, 6.07) is 4.81. The quantitative estimate of drug-likeness (QED) is 0.761. The molecule has 1 aromatic carbocycles. The Bertz CT molecular complexity index is 449. The molecule has 0 amide bonds. The van der Waals surface area contributed by atoms with Crippen LogP contribution in [0, 0.1) is 0 Å². The molecule has 0 fully saturated rings. The van der Waals surface area contributed by atoms with Gasteiger partial charge in [0, 0.05) is 5.57 Å². The zero-order chi connectivity index (χ0) is 13.5. The van der Waals surface area contributed by atoms with Crippen LogP contribution in [0.15, 0.2) is 23.8 Å². The van der Waals surface area contributed by atoms with Gasteiger partial charge in [-0.25, -0.2) is 4.79 Å². The zero-order valence-corrected chi connectivity index (χ0v) is 10.6. The molecule has 0 bridgehead atoms. The molecule has 0 aromatic heterocycles. The summed E-state index contributed by atoms with van der Waals surface area (Å²) in [5, 5.41) is 18.6. The lowest BCUT2D eigenvalue weighted by molar-refractivity contribution is -0.132. The fourth-order valence-electron chi connectivity index (χ4n) is 1.46. The van der Waals surface area contributed by atoms with Crippen molar-refractivity contribution in [1.29, 1.82) is 0 Å². The molecule has 0 spiro atoms. The molecular formula is C14H18O4. The molecule has 1 rings (SSSR count). The molecule has 0 aliphatic carbocycles. The minimum atomic E-state index is -0.929. The van der Waals surface area contributed by atoms with Crippen LogP contribution < -0.4 is 4.74 Å². The van der Waals surface area contributed by atoms with Crippen LogP contribution in [-0.4, -0.2) is 22.8 Å². The summed E-state index contributed by atoms with van der Waals surface area (Å²) in [6.07, 6.45) is 2.87. The van der Waals surface area contributed by atoms with Crippen LogP contribution in [0.1, 0.15) is 32.3 Å². The molecular weight excluding hydrogens is 232 g/mol. The average molecular weight is 250 g/mol. The molecule has 0 aliphatic rings. The largest absolute Gasteiger partial charge is 0.504 e. The Balaban J connectivity index is 3.00. The highest BCUT2D eigenvalue weighted by Crippen LogP contribution is 2.28. The van der Waals surface area contributed by atoms with Gasteiger partial charge in [-0.2, -0.15) is 0 Å². The smallest absolute Gasteiger partial charge is 0.331 e. The third kappa shape index (κ3) is 3.80. The topological polar surface area (TPSA) is 66.8 Å². The van der Waals surface area contributed by atoms with Gasteiger partial charge in [-0.3, -0.25) is 0 Å².